The summed E-state index contributed by atoms with van der Waals surface area (Å²) in [6.07, 6.45) is 8.48. The largest absolute Gasteiger partial charge is 0.396 e. The topological polar surface area (TPSA) is 51.3 Å². The second-order valence-electron chi connectivity index (χ2n) is 12.5. The highest BCUT2D eigenvalue weighted by Crippen LogP contribution is 2.71. The van der Waals surface area contributed by atoms with Gasteiger partial charge in [-0.1, -0.05) is 30.3 Å². The van der Waals surface area contributed by atoms with Crippen LogP contribution in [0, 0.1) is 11.3 Å². The average Bonchev–Trinajstić information content (AvgIpc) is 3.18. The lowest BCUT2D eigenvalue weighted by Gasteiger charge is -2.76. The number of anilines is 1. The van der Waals surface area contributed by atoms with Crippen molar-refractivity contribution in [2.45, 2.75) is 82.0 Å². The summed E-state index contributed by atoms with van der Waals surface area (Å²) < 4.78 is 12.5. The number of H-pyrrole nitrogens is 1. The summed E-state index contributed by atoms with van der Waals surface area (Å²) in [4.78, 5) is 6.63. The fraction of sp³-hybridized carbons (Fsp3) is 0.548. The zero-order chi connectivity index (χ0) is 24.5. The standard InChI is InChI=1S/C31H38FN3O/c1-20-13-26-25-6-2-3-7-27(25)34-28(26)29(35(20)31-16-30(17-31,18-31)19-36)22-8-10-23(11-9-22)33-24-14-21(15-24)5-4-12-32/h2-3,6-11,20-21,24,29,33-34,36H,4-5,12-19H2,1H3. The first-order chi connectivity index (χ1) is 17.5. The normalized spacial score (nSPS) is 35.0. The summed E-state index contributed by atoms with van der Waals surface area (Å²) >= 11 is 0. The number of halogens is 1. The van der Waals surface area contributed by atoms with Crippen molar-refractivity contribution in [2.24, 2.45) is 11.3 Å². The van der Waals surface area contributed by atoms with Crippen LogP contribution in [0.3, 0.4) is 0 Å². The van der Waals surface area contributed by atoms with Crippen molar-refractivity contribution in [3.05, 3.63) is 65.4 Å². The number of hydrogen-bond acceptors (Lipinski definition) is 3. The van der Waals surface area contributed by atoms with Gasteiger partial charge < -0.3 is 15.4 Å². The van der Waals surface area contributed by atoms with E-state index in [1.54, 1.807) is 0 Å². The lowest BCUT2D eigenvalue weighted by atomic mass is 9.38. The molecule has 0 saturated heterocycles. The molecular formula is C31H38FN3O. The van der Waals surface area contributed by atoms with Crippen LogP contribution in [0.5, 0.6) is 0 Å². The van der Waals surface area contributed by atoms with Gasteiger partial charge in [0.15, 0.2) is 0 Å². The Morgan fingerprint density at radius 1 is 1.08 bits per heavy atom. The molecule has 4 nitrogen and oxygen atoms in total. The molecule has 2 aromatic carbocycles. The van der Waals surface area contributed by atoms with Crippen LogP contribution >= 0.6 is 0 Å². The first kappa shape index (κ1) is 22.8. The van der Waals surface area contributed by atoms with Crippen LogP contribution in [0.4, 0.5) is 10.1 Å². The minimum absolute atomic E-state index is 0.184. The SMILES string of the molecule is CC1Cc2c([nH]c3ccccc23)C(c2ccc(NC3CC(CCCF)C3)cc2)N1C12CC(CO)(C1)C2. The number of aliphatic hydroxyl groups excluding tert-OH is 1. The van der Waals surface area contributed by atoms with E-state index in [1.165, 1.54) is 33.4 Å². The van der Waals surface area contributed by atoms with E-state index >= 15 is 0 Å². The molecule has 4 aliphatic carbocycles. The molecule has 0 spiro atoms. The Morgan fingerprint density at radius 2 is 1.83 bits per heavy atom. The lowest BCUT2D eigenvalue weighted by Crippen LogP contribution is -2.77. The van der Waals surface area contributed by atoms with Crippen molar-refractivity contribution in [3.8, 4) is 0 Å². The predicted octanol–water partition coefficient (Wildman–Crippen LogP) is 6.36. The van der Waals surface area contributed by atoms with E-state index < -0.39 is 0 Å². The molecule has 2 bridgehead atoms. The van der Waals surface area contributed by atoms with Crippen LogP contribution in [0.2, 0.25) is 0 Å². The third-order valence-corrected chi connectivity index (χ3v) is 9.95. The van der Waals surface area contributed by atoms with Crippen LogP contribution in [0.15, 0.2) is 48.5 Å². The Labute approximate surface area is 213 Å². The number of rotatable bonds is 8. The van der Waals surface area contributed by atoms with Crippen LogP contribution in [0.25, 0.3) is 10.9 Å². The van der Waals surface area contributed by atoms with Gasteiger partial charge in [-0.2, -0.15) is 0 Å². The molecule has 1 aliphatic heterocycles. The van der Waals surface area contributed by atoms with Gasteiger partial charge >= 0.3 is 0 Å². The molecule has 4 saturated carbocycles. The molecule has 2 heterocycles. The van der Waals surface area contributed by atoms with Crippen molar-refractivity contribution < 1.29 is 9.50 Å². The monoisotopic (exact) mass is 487 g/mol. The number of nitrogens with one attached hydrogen (secondary N) is 2. The van der Waals surface area contributed by atoms with Gasteiger partial charge in [0, 0.05) is 46.5 Å². The van der Waals surface area contributed by atoms with E-state index in [9.17, 15) is 9.50 Å². The average molecular weight is 488 g/mol. The maximum absolute atomic E-state index is 12.5. The quantitative estimate of drug-likeness (QED) is 0.347. The number of aliphatic hydroxyl groups is 1. The molecule has 3 aromatic rings. The molecule has 2 atom stereocenters. The fourth-order valence-electron chi connectivity index (χ4n) is 8.36. The molecular weight excluding hydrogens is 449 g/mol. The summed E-state index contributed by atoms with van der Waals surface area (Å²) in [6.45, 7) is 2.54. The summed E-state index contributed by atoms with van der Waals surface area (Å²) in [6, 6.07) is 19.0. The number of aromatic amines is 1. The third kappa shape index (κ3) is 3.39. The molecule has 3 N–H and O–H groups in total. The smallest absolute Gasteiger partial charge is 0.0894 e. The van der Waals surface area contributed by atoms with Gasteiger partial charge in [-0.3, -0.25) is 9.29 Å². The number of aromatic nitrogens is 1. The maximum atomic E-state index is 12.5. The van der Waals surface area contributed by atoms with E-state index in [4.69, 9.17) is 0 Å². The Bertz CT molecular complexity index is 1240. The van der Waals surface area contributed by atoms with Crippen molar-refractivity contribution in [2.75, 3.05) is 18.6 Å². The molecule has 5 aliphatic rings. The van der Waals surface area contributed by atoms with Crippen LogP contribution in [-0.4, -0.2) is 45.9 Å². The van der Waals surface area contributed by atoms with E-state index in [1.807, 2.05) is 0 Å². The van der Waals surface area contributed by atoms with Gasteiger partial charge in [0.2, 0.25) is 0 Å². The molecule has 36 heavy (non-hydrogen) atoms. The fourth-order valence-corrected chi connectivity index (χ4v) is 8.36. The Kier molecular flexibility index (Phi) is 5.27. The first-order valence-electron chi connectivity index (χ1n) is 13.9. The summed E-state index contributed by atoms with van der Waals surface area (Å²) in [5, 5.41) is 15.0. The van der Waals surface area contributed by atoms with Crippen molar-refractivity contribution >= 4 is 16.6 Å². The number of alkyl halides is 1. The van der Waals surface area contributed by atoms with Gasteiger partial charge in [0.05, 0.1) is 12.7 Å². The second kappa shape index (κ2) is 8.32. The summed E-state index contributed by atoms with van der Waals surface area (Å²) in [7, 11) is 0. The van der Waals surface area contributed by atoms with Crippen LogP contribution in [-0.2, 0) is 6.42 Å². The zero-order valence-electron chi connectivity index (χ0n) is 21.3. The maximum Gasteiger partial charge on any atom is 0.0894 e. The van der Waals surface area contributed by atoms with Crippen LogP contribution in [0.1, 0.15) is 74.7 Å². The minimum Gasteiger partial charge on any atom is -0.396 e. The van der Waals surface area contributed by atoms with Crippen molar-refractivity contribution in [1.29, 1.82) is 0 Å². The molecule has 0 radical (unpaired) electrons. The molecule has 2 unspecified atom stereocenters. The van der Waals surface area contributed by atoms with E-state index in [-0.39, 0.29) is 23.7 Å². The molecule has 4 fully saturated rings. The van der Waals surface area contributed by atoms with Crippen molar-refractivity contribution in [3.63, 3.8) is 0 Å². The van der Waals surface area contributed by atoms with E-state index in [0.29, 0.717) is 31.0 Å². The highest BCUT2D eigenvalue weighted by Gasteiger charge is 2.71. The number of nitrogens with zero attached hydrogens (tertiary/aromatic N) is 1. The first-order valence-corrected chi connectivity index (χ1v) is 13.9. The van der Waals surface area contributed by atoms with E-state index in [0.717, 1.165) is 44.9 Å². The molecule has 1 aromatic heterocycles. The zero-order valence-corrected chi connectivity index (χ0v) is 21.3. The van der Waals surface area contributed by atoms with Gasteiger partial charge in [-0.15, -0.1) is 0 Å². The summed E-state index contributed by atoms with van der Waals surface area (Å²) in [5.74, 6) is 0.686. The Hall–Kier alpha value is -2.37. The number of fused-ring (bicyclic) bond motifs is 3. The molecule has 8 rings (SSSR count). The van der Waals surface area contributed by atoms with Gasteiger partial charge in [0.25, 0.3) is 0 Å². The number of para-hydroxylation sites is 1. The minimum atomic E-state index is -0.187. The summed E-state index contributed by atoms with van der Waals surface area (Å²) in [5.41, 5.74) is 6.99. The van der Waals surface area contributed by atoms with E-state index in [2.05, 4.69) is 70.7 Å². The number of hydrogen-bond donors (Lipinski definition) is 3. The van der Waals surface area contributed by atoms with Gasteiger partial charge in [0.1, 0.15) is 0 Å². The second-order valence-corrected chi connectivity index (χ2v) is 12.5. The molecule has 5 heteroatoms. The van der Waals surface area contributed by atoms with Gasteiger partial charge in [-0.05, 0) is 98.9 Å². The number of benzene rings is 2. The van der Waals surface area contributed by atoms with Crippen molar-refractivity contribution in [1.82, 2.24) is 9.88 Å². The Morgan fingerprint density at radius 3 is 2.56 bits per heavy atom. The van der Waals surface area contributed by atoms with Crippen LogP contribution < -0.4 is 5.32 Å². The Balaban J connectivity index is 1.18. The van der Waals surface area contributed by atoms with Gasteiger partial charge in [-0.25, -0.2) is 0 Å². The third-order valence-electron chi connectivity index (χ3n) is 9.95. The lowest BCUT2D eigenvalue weighted by molar-refractivity contribution is -0.254. The molecule has 190 valence electrons. The highest BCUT2D eigenvalue weighted by atomic mass is 19.1. The highest BCUT2D eigenvalue weighted by molar-refractivity contribution is 5.85. The predicted molar refractivity (Wildman–Crippen MR) is 143 cm³/mol. The molecule has 0 amide bonds.